The van der Waals surface area contributed by atoms with E-state index in [0.717, 1.165) is 17.3 Å². The molecule has 0 bridgehead atoms. The third kappa shape index (κ3) is 3.15. The van der Waals surface area contributed by atoms with Crippen molar-refractivity contribution in [2.45, 2.75) is 12.1 Å². The molecule has 0 fully saturated rings. The van der Waals surface area contributed by atoms with Crippen LogP contribution < -0.4 is 5.69 Å². The third-order valence-electron chi connectivity index (χ3n) is 2.35. The van der Waals surface area contributed by atoms with Crippen LogP contribution in [-0.2, 0) is 4.79 Å². The van der Waals surface area contributed by atoms with E-state index in [-0.39, 0.29) is 5.75 Å². The molecule has 1 aromatic heterocycles. The number of nitrogens with one attached hydrogen (secondary N) is 1. The van der Waals surface area contributed by atoms with E-state index in [0.29, 0.717) is 19.8 Å². The van der Waals surface area contributed by atoms with Crippen LogP contribution in [0.4, 0.5) is 0 Å². The Bertz CT molecular complexity index is 703. The summed E-state index contributed by atoms with van der Waals surface area (Å²) in [6.07, 6.45) is 0. The summed E-state index contributed by atoms with van der Waals surface area (Å²) in [6.45, 7) is 1.93. The van der Waals surface area contributed by atoms with Gasteiger partial charge in [0.2, 0.25) is 0 Å². The lowest BCUT2D eigenvalue weighted by molar-refractivity contribution is -0.133. The zero-order chi connectivity index (χ0) is 14.9. The van der Waals surface area contributed by atoms with Gasteiger partial charge in [-0.05, 0) is 56.5 Å². The quantitative estimate of drug-likeness (QED) is 0.739. The number of aromatic amines is 1. The zero-order valence-electron chi connectivity index (χ0n) is 10.2. The average Bonchev–Trinajstić information content (AvgIpc) is 2.67. The standard InChI is InChI=1S/C11H9Br2N3O3S/c1-5-2-6(12)9(7(13)3-5)16-10(19)14-15-11(16)20-4-8(17)18/h2-3H,4H2,1H3,(H,14,19)(H,17,18). The normalized spacial score (nSPS) is 10.8. The molecule has 6 nitrogen and oxygen atoms in total. The number of benzene rings is 1. The molecule has 2 N–H and O–H groups in total. The molecular formula is C11H9Br2N3O3S. The van der Waals surface area contributed by atoms with Crippen LogP contribution in [0.15, 0.2) is 31.0 Å². The minimum atomic E-state index is -0.973. The molecule has 1 aromatic carbocycles. The number of hydrogen-bond acceptors (Lipinski definition) is 4. The SMILES string of the molecule is Cc1cc(Br)c(-n2c(SCC(=O)O)n[nH]c2=O)c(Br)c1. The molecule has 0 unspecified atom stereocenters. The van der Waals surface area contributed by atoms with Crippen molar-refractivity contribution in [3.63, 3.8) is 0 Å². The molecule has 0 saturated carbocycles. The topological polar surface area (TPSA) is 88.0 Å². The van der Waals surface area contributed by atoms with Crippen LogP contribution in [-0.4, -0.2) is 31.6 Å². The van der Waals surface area contributed by atoms with Gasteiger partial charge in [0.25, 0.3) is 0 Å². The summed E-state index contributed by atoms with van der Waals surface area (Å²) in [5.74, 6) is -1.15. The highest BCUT2D eigenvalue weighted by atomic mass is 79.9. The number of H-pyrrole nitrogens is 1. The molecule has 0 aliphatic carbocycles. The molecule has 0 aliphatic rings. The van der Waals surface area contributed by atoms with E-state index in [4.69, 9.17) is 5.11 Å². The van der Waals surface area contributed by atoms with E-state index in [2.05, 4.69) is 42.1 Å². The first-order chi connectivity index (χ1) is 9.40. The van der Waals surface area contributed by atoms with Gasteiger partial charge in [-0.15, -0.1) is 5.10 Å². The van der Waals surface area contributed by atoms with Gasteiger partial charge < -0.3 is 5.11 Å². The van der Waals surface area contributed by atoms with Crippen molar-refractivity contribution in [3.05, 3.63) is 37.1 Å². The molecule has 9 heteroatoms. The number of carboxylic acids is 1. The largest absolute Gasteiger partial charge is 0.481 e. The molecule has 0 aliphatic heterocycles. The summed E-state index contributed by atoms with van der Waals surface area (Å²) in [6, 6.07) is 3.73. The fourth-order valence-corrected chi connectivity index (χ4v) is 4.04. The second-order valence-electron chi connectivity index (χ2n) is 3.91. The Labute approximate surface area is 134 Å². The Hall–Kier alpha value is -1.06. The van der Waals surface area contributed by atoms with Gasteiger partial charge in [-0.25, -0.2) is 14.5 Å². The van der Waals surface area contributed by atoms with Crippen molar-refractivity contribution in [3.8, 4) is 5.69 Å². The fourth-order valence-electron chi connectivity index (χ4n) is 1.61. The van der Waals surface area contributed by atoms with E-state index < -0.39 is 11.7 Å². The number of rotatable bonds is 4. The molecule has 2 aromatic rings. The second kappa shape index (κ2) is 6.15. The van der Waals surface area contributed by atoms with Gasteiger partial charge >= 0.3 is 11.7 Å². The molecule has 0 saturated heterocycles. The average molecular weight is 423 g/mol. The summed E-state index contributed by atoms with van der Waals surface area (Å²) < 4.78 is 2.76. The highest BCUT2D eigenvalue weighted by molar-refractivity contribution is 9.11. The number of carbonyl (C=O) groups is 1. The highest BCUT2D eigenvalue weighted by Gasteiger charge is 2.17. The third-order valence-corrected chi connectivity index (χ3v) is 4.48. The van der Waals surface area contributed by atoms with Crippen LogP contribution in [0.5, 0.6) is 0 Å². The second-order valence-corrected chi connectivity index (χ2v) is 6.56. The Balaban J connectivity index is 2.56. The lowest BCUT2D eigenvalue weighted by Crippen LogP contribution is -2.17. The molecule has 2 rings (SSSR count). The van der Waals surface area contributed by atoms with Crippen molar-refractivity contribution in [1.29, 1.82) is 0 Å². The first kappa shape index (κ1) is 15.3. The molecule has 0 atom stereocenters. The number of aliphatic carboxylic acids is 1. The number of carboxylic acid groups (broad SMARTS) is 1. The minimum Gasteiger partial charge on any atom is -0.481 e. The first-order valence-corrected chi connectivity index (χ1v) is 7.95. The van der Waals surface area contributed by atoms with Crippen LogP contribution in [0.25, 0.3) is 5.69 Å². The predicted molar refractivity (Wildman–Crippen MR) is 82.7 cm³/mol. The van der Waals surface area contributed by atoms with Crippen molar-refractivity contribution in [1.82, 2.24) is 14.8 Å². The summed E-state index contributed by atoms with van der Waals surface area (Å²) in [4.78, 5) is 22.6. The number of aromatic nitrogens is 3. The Morgan fingerprint density at radius 3 is 2.60 bits per heavy atom. The number of halogens is 2. The van der Waals surface area contributed by atoms with Gasteiger partial charge in [-0.2, -0.15) is 0 Å². The summed E-state index contributed by atoms with van der Waals surface area (Å²) in [5.41, 5.74) is 1.18. The van der Waals surface area contributed by atoms with Crippen LogP contribution in [0.1, 0.15) is 5.56 Å². The Morgan fingerprint density at radius 2 is 2.05 bits per heavy atom. The van der Waals surface area contributed by atoms with Gasteiger partial charge in [0, 0.05) is 8.95 Å². The van der Waals surface area contributed by atoms with Crippen molar-refractivity contribution >= 4 is 49.6 Å². The maximum absolute atomic E-state index is 11.9. The molecule has 0 spiro atoms. The lowest BCUT2D eigenvalue weighted by atomic mass is 10.2. The zero-order valence-corrected chi connectivity index (χ0v) is 14.2. The number of hydrogen-bond donors (Lipinski definition) is 2. The lowest BCUT2D eigenvalue weighted by Gasteiger charge is -2.10. The van der Waals surface area contributed by atoms with Gasteiger partial charge in [-0.1, -0.05) is 11.8 Å². The van der Waals surface area contributed by atoms with E-state index >= 15 is 0 Å². The molecule has 0 radical (unpaired) electrons. The first-order valence-electron chi connectivity index (χ1n) is 5.38. The molecule has 1 heterocycles. The Kier molecular flexibility index (Phi) is 4.71. The molecule has 0 amide bonds. The summed E-state index contributed by atoms with van der Waals surface area (Å²) in [5, 5.41) is 15.2. The van der Waals surface area contributed by atoms with Crippen LogP contribution >= 0.6 is 43.6 Å². The molecular weight excluding hydrogens is 414 g/mol. The van der Waals surface area contributed by atoms with E-state index in [1.54, 1.807) is 0 Å². The van der Waals surface area contributed by atoms with Crippen LogP contribution in [0, 0.1) is 6.92 Å². The maximum Gasteiger partial charge on any atom is 0.348 e. The van der Waals surface area contributed by atoms with Crippen molar-refractivity contribution in [2.75, 3.05) is 5.75 Å². The van der Waals surface area contributed by atoms with Crippen LogP contribution in [0.3, 0.4) is 0 Å². The maximum atomic E-state index is 11.9. The number of thioether (sulfide) groups is 1. The number of aryl methyl sites for hydroxylation is 1. The fraction of sp³-hybridized carbons (Fsp3) is 0.182. The van der Waals surface area contributed by atoms with Gasteiger partial charge in [0.15, 0.2) is 5.16 Å². The highest BCUT2D eigenvalue weighted by Crippen LogP contribution is 2.32. The smallest absolute Gasteiger partial charge is 0.348 e. The van der Waals surface area contributed by atoms with Gasteiger partial charge in [0.05, 0.1) is 11.4 Å². The number of nitrogens with zero attached hydrogens (tertiary/aromatic N) is 2. The molecule has 106 valence electrons. The summed E-state index contributed by atoms with van der Waals surface area (Å²) in [7, 11) is 0. The summed E-state index contributed by atoms with van der Waals surface area (Å²) >= 11 is 7.79. The molecule has 20 heavy (non-hydrogen) atoms. The van der Waals surface area contributed by atoms with Gasteiger partial charge in [-0.3, -0.25) is 4.79 Å². The minimum absolute atomic E-state index is 0.175. The van der Waals surface area contributed by atoms with Crippen molar-refractivity contribution < 1.29 is 9.90 Å². The van der Waals surface area contributed by atoms with Crippen molar-refractivity contribution in [2.24, 2.45) is 0 Å². The van der Waals surface area contributed by atoms with Crippen LogP contribution in [0.2, 0.25) is 0 Å². The van der Waals surface area contributed by atoms with Gasteiger partial charge in [0.1, 0.15) is 0 Å². The van der Waals surface area contributed by atoms with E-state index in [1.807, 2.05) is 19.1 Å². The van der Waals surface area contributed by atoms with E-state index in [1.165, 1.54) is 4.57 Å². The Morgan fingerprint density at radius 1 is 1.45 bits per heavy atom. The van der Waals surface area contributed by atoms with E-state index in [9.17, 15) is 9.59 Å². The monoisotopic (exact) mass is 421 g/mol. The predicted octanol–water partition coefficient (Wildman–Crippen LogP) is 2.57.